The molecule has 3 heteroatoms. The highest BCUT2D eigenvalue weighted by Crippen LogP contribution is 2.42. The van der Waals surface area contributed by atoms with Gasteiger partial charge < -0.3 is 15.2 Å². The van der Waals surface area contributed by atoms with Crippen molar-refractivity contribution in [2.75, 3.05) is 20.0 Å². The fourth-order valence-corrected chi connectivity index (χ4v) is 2.81. The molecule has 0 saturated heterocycles. The highest BCUT2D eigenvalue weighted by Gasteiger charge is 2.14. The number of nitrogen functional groups attached to an aromatic ring is 1. The van der Waals surface area contributed by atoms with Crippen molar-refractivity contribution in [3.05, 3.63) is 42.0 Å². The van der Waals surface area contributed by atoms with Crippen LogP contribution in [0, 0.1) is 6.92 Å². The summed E-state index contributed by atoms with van der Waals surface area (Å²) >= 11 is 0. The Morgan fingerprint density at radius 1 is 0.950 bits per heavy atom. The van der Waals surface area contributed by atoms with Crippen molar-refractivity contribution in [2.24, 2.45) is 0 Å². The molecule has 0 aliphatic heterocycles. The summed E-state index contributed by atoms with van der Waals surface area (Å²) in [5, 5.41) is 4.28. The fourth-order valence-electron chi connectivity index (χ4n) is 2.81. The molecule has 0 aromatic heterocycles. The van der Waals surface area contributed by atoms with Gasteiger partial charge in [-0.3, -0.25) is 0 Å². The Hall–Kier alpha value is -2.42. The highest BCUT2D eigenvalue weighted by atomic mass is 16.5. The van der Waals surface area contributed by atoms with E-state index >= 15 is 0 Å². The van der Waals surface area contributed by atoms with Gasteiger partial charge in [0.15, 0.2) is 11.5 Å². The van der Waals surface area contributed by atoms with Crippen molar-refractivity contribution in [3.8, 4) is 11.5 Å². The minimum absolute atomic E-state index is 0.731. The number of rotatable bonds is 2. The van der Waals surface area contributed by atoms with Gasteiger partial charge in [0.2, 0.25) is 0 Å². The van der Waals surface area contributed by atoms with E-state index in [1.165, 1.54) is 5.56 Å². The van der Waals surface area contributed by atoms with Gasteiger partial charge in [-0.2, -0.15) is 0 Å². The molecule has 0 fully saturated rings. The van der Waals surface area contributed by atoms with Crippen LogP contribution >= 0.6 is 0 Å². The van der Waals surface area contributed by atoms with Crippen LogP contribution in [0.4, 0.5) is 5.69 Å². The van der Waals surface area contributed by atoms with E-state index in [1.54, 1.807) is 14.2 Å². The predicted octanol–water partition coefficient (Wildman–Crippen LogP) is 3.90. The summed E-state index contributed by atoms with van der Waals surface area (Å²) in [5.41, 5.74) is 8.13. The van der Waals surface area contributed by atoms with E-state index in [2.05, 4.69) is 13.0 Å². The van der Waals surface area contributed by atoms with E-state index in [-0.39, 0.29) is 0 Å². The zero-order chi connectivity index (χ0) is 14.3. The Kier molecular flexibility index (Phi) is 2.90. The van der Waals surface area contributed by atoms with E-state index in [9.17, 15) is 0 Å². The maximum absolute atomic E-state index is 6.18. The first-order valence-electron chi connectivity index (χ1n) is 6.50. The van der Waals surface area contributed by atoms with E-state index in [1.807, 2.05) is 30.3 Å². The molecule has 20 heavy (non-hydrogen) atoms. The molecule has 2 N–H and O–H groups in total. The van der Waals surface area contributed by atoms with Gasteiger partial charge in [0, 0.05) is 16.5 Å². The molecule has 3 nitrogen and oxygen atoms in total. The lowest BCUT2D eigenvalue weighted by Gasteiger charge is -2.15. The van der Waals surface area contributed by atoms with Gasteiger partial charge in [-0.1, -0.05) is 24.3 Å². The van der Waals surface area contributed by atoms with Crippen LogP contribution in [0.3, 0.4) is 0 Å². The van der Waals surface area contributed by atoms with Gasteiger partial charge in [0.25, 0.3) is 0 Å². The quantitative estimate of drug-likeness (QED) is 0.565. The smallest absolute Gasteiger partial charge is 0.169 e. The third-order valence-corrected chi connectivity index (χ3v) is 3.72. The first kappa shape index (κ1) is 12.6. The second-order valence-electron chi connectivity index (χ2n) is 4.86. The lowest BCUT2D eigenvalue weighted by atomic mass is 9.96. The monoisotopic (exact) mass is 267 g/mol. The average Bonchev–Trinajstić information content (AvgIpc) is 2.46. The van der Waals surface area contributed by atoms with Gasteiger partial charge in [0.05, 0.1) is 14.2 Å². The average molecular weight is 267 g/mol. The normalized spacial score (nSPS) is 10.9. The molecule has 0 heterocycles. The van der Waals surface area contributed by atoms with Crippen molar-refractivity contribution in [2.45, 2.75) is 6.92 Å². The maximum atomic E-state index is 6.18. The van der Waals surface area contributed by atoms with Gasteiger partial charge in [-0.15, -0.1) is 0 Å². The number of nitrogens with two attached hydrogens (primary N) is 1. The highest BCUT2D eigenvalue weighted by molar-refractivity contribution is 6.16. The summed E-state index contributed by atoms with van der Waals surface area (Å²) in [6.45, 7) is 2.08. The first-order chi connectivity index (χ1) is 9.67. The molecule has 0 aliphatic rings. The molecule has 0 unspecified atom stereocenters. The van der Waals surface area contributed by atoms with Gasteiger partial charge >= 0.3 is 0 Å². The van der Waals surface area contributed by atoms with Crippen LogP contribution in [-0.2, 0) is 0 Å². The van der Waals surface area contributed by atoms with Crippen molar-refractivity contribution in [1.29, 1.82) is 0 Å². The van der Waals surface area contributed by atoms with Crippen LogP contribution in [0.2, 0.25) is 0 Å². The topological polar surface area (TPSA) is 44.5 Å². The van der Waals surface area contributed by atoms with Gasteiger partial charge in [-0.25, -0.2) is 0 Å². The van der Waals surface area contributed by atoms with Crippen molar-refractivity contribution in [3.63, 3.8) is 0 Å². The molecular weight excluding hydrogens is 250 g/mol. The van der Waals surface area contributed by atoms with E-state index in [0.717, 1.165) is 38.7 Å². The second kappa shape index (κ2) is 4.60. The summed E-state index contributed by atoms with van der Waals surface area (Å²) in [4.78, 5) is 0. The summed E-state index contributed by atoms with van der Waals surface area (Å²) in [5.74, 6) is 1.48. The lowest BCUT2D eigenvalue weighted by Crippen LogP contribution is -1.95. The number of ether oxygens (including phenoxy) is 2. The van der Waals surface area contributed by atoms with E-state index in [0.29, 0.717) is 0 Å². The minimum atomic E-state index is 0.731. The summed E-state index contributed by atoms with van der Waals surface area (Å²) in [6.07, 6.45) is 0. The van der Waals surface area contributed by atoms with Crippen molar-refractivity contribution >= 4 is 27.2 Å². The molecule has 0 atom stereocenters. The van der Waals surface area contributed by atoms with Gasteiger partial charge in [-0.05, 0) is 35.4 Å². The molecule has 102 valence electrons. The number of hydrogen-bond acceptors (Lipinski definition) is 3. The minimum Gasteiger partial charge on any atom is -0.493 e. The molecule has 0 spiro atoms. The Balaban J connectivity index is 2.62. The lowest BCUT2D eigenvalue weighted by molar-refractivity contribution is 0.359. The first-order valence-corrected chi connectivity index (χ1v) is 6.50. The van der Waals surface area contributed by atoms with Crippen LogP contribution in [-0.4, -0.2) is 14.2 Å². The second-order valence-corrected chi connectivity index (χ2v) is 4.86. The molecule has 0 aliphatic carbocycles. The number of hydrogen-bond donors (Lipinski definition) is 1. The van der Waals surface area contributed by atoms with E-state index < -0.39 is 0 Å². The summed E-state index contributed by atoms with van der Waals surface area (Å²) in [6, 6.07) is 12.0. The Bertz CT molecular complexity index is 809. The van der Waals surface area contributed by atoms with Crippen molar-refractivity contribution in [1.82, 2.24) is 0 Å². The van der Waals surface area contributed by atoms with Crippen LogP contribution in [0.15, 0.2) is 36.4 Å². The van der Waals surface area contributed by atoms with Crippen LogP contribution in [0.1, 0.15) is 5.56 Å². The number of fused-ring (bicyclic) bond motifs is 3. The number of methoxy groups -OCH3 is 2. The van der Waals surface area contributed by atoms with Crippen LogP contribution in [0.5, 0.6) is 11.5 Å². The van der Waals surface area contributed by atoms with Gasteiger partial charge in [0.1, 0.15) is 0 Å². The number of benzene rings is 3. The Labute approximate surface area is 117 Å². The third kappa shape index (κ3) is 1.67. The molecule has 0 amide bonds. The molecule has 3 aromatic rings. The van der Waals surface area contributed by atoms with Crippen LogP contribution < -0.4 is 15.2 Å². The van der Waals surface area contributed by atoms with E-state index in [4.69, 9.17) is 15.2 Å². The molecule has 3 aromatic carbocycles. The molecular formula is C17H17NO2. The zero-order valence-electron chi connectivity index (χ0n) is 11.9. The maximum Gasteiger partial charge on any atom is 0.169 e. The summed E-state index contributed by atoms with van der Waals surface area (Å²) < 4.78 is 11.0. The molecule has 0 saturated carbocycles. The largest absolute Gasteiger partial charge is 0.493 e. The van der Waals surface area contributed by atoms with Crippen LogP contribution in [0.25, 0.3) is 21.5 Å². The number of aryl methyl sites for hydroxylation is 1. The Morgan fingerprint density at radius 3 is 2.45 bits per heavy atom. The predicted molar refractivity (Wildman–Crippen MR) is 83.7 cm³/mol. The summed E-state index contributed by atoms with van der Waals surface area (Å²) in [7, 11) is 3.31. The molecule has 0 radical (unpaired) electrons. The molecule has 3 rings (SSSR count). The third-order valence-electron chi connectivity index (χ3n) is 3.72. The fraction of sp³-hybridized carbons (Fsp3) is 0.176. The number of anilines is 1. The van der Waals surface area contributed by atoms with Crippen molar-refractivity contribution < 1.29 is 9.47 Å². The Morgan fingerprint density at radius 2 is 1.75 bits per heavy atom. The standard InChI is InChI=1S/C17H17NO2/c1-10-5-4-6-12-13(18)9-11-7-8-14(19-2)17(20-3)16(11)15(10)12/h4-9H,18H2,1-3H3. The zero-order valence-corrected chi connectivity index (χ0v) is 11.9. The SMILES string of the molecule is COc1ccc2cc(N)c3cccc(C)c3c2c1OC. The molecule has 0 bridgehead atoms.